The number of carbonyl (C=O) groups is 2. The summed E-state index contributed by atoms with van der Waals surface area (Å²) in [5.41, 5.74) is 11.7. The summed E-state index contributed by atoms with van der Waals surface area (Å²) in [6.45, 7) is 4.70. The number of urea groups is 1. The van der Waals surface area contributed by atoms with Crippen LogP contribution >= 0.6 is 23.2 Å². The number of rotatable bonds is 4. The van der Waals surface area contributed by atoms with E-state index in [0.29, 0.717) is 10.6 Å². The van der Waals surface area contributed by atoms with Gasteiger partial charge in [-0.3, -0.25) is 9.79 Å². The van der Waals surface area contributed by atoms with Crippen molar-refractivity contribution in [2.24, 2.45) is 16.5 Å². The zero-order valence-corrected chi connectivity index (χ0v) is 17.9. The summed E-state index contributed by atoms with van der Waals surface area (Å²) < 4.78 is 13.5. The maximum Gasteiger partial charge on any atom is 0.318 e. The highest BCUT2D eigenvalue weighted by molar-refractivity contribution is 6.42. The summed E-state index contributed by atoms with van der Waals surface area (Å²) in [6, 6.07) is 3.36. The van der Waals surface area contributed by atoms with Crippen LogP contribution in [0.15, 0.2) is 28.8 Å². The van der Waals surface area contributed by atoms with Gasteiger partial charge >= 0.3 is 6.03 Å². The van der Waals surface area contributed by atoms with Crippen molar-refractivity contribution < 1.29 is 14.0 Å². The Morgan fingerprint density at radius 2 is 1.93 bits per heavy atom. The van der Waals surface area contributed by atoms with Crippen LogP contribution in [0.1, 0.15) is 26.3 Å². The van der Waals surface area contributed by atoms with E-state index >= 15 is 0 Å². The number of nitrogens with zero attached hydrogens (tertiary/aromatic N) is 2. The molecule has 3 amide bonds. The van der Waals surface area contributed by atoms with E-state index in [-0.39, 0.29) is 35.1 Å². The SMILES string of the molecule is CC(C)(C)NC(=O)N1CC(C(C(N)=O)=C(N)c2ccc(Cl)c(Cl)c2)=NC(CF)C1. The molecule has 10 heteroatoms. The number of benzene rings is 1. The van der Waals surface area contributed by atoms with Gasteiger partial charge in [-0.2, -0.15) is 0 Å². The summed E-state index contributed by atoms with van der Waals surface area (Å²) in [7, 11) is 0. The molecule has 0 fully saturated rings. The van der Waals surface area contributed by atoms with Crippen LogP contribution in [0.3, 0.4) is 0 Å². The third kappa shape index (κ3) is 5.83. The predicted molar refractivity (Wildman–Crippen MR) is 114 cm³/mol. The van der Waals surface area contributed by atoms with Crippen molar-refractivity contribution in [2.45, 2.75) is 32.4 Å². The molecule has 0 radical (unpaired) electrons. The van der Waals surface area contributed by atoms with Crippen molar-refractivity contribution in [3.8, 4) is 0 Å². The van der Waals surface area contributed by atoms with Crippen LogP contribution in [0.25, 0.3) is 5.70 Å². The number of nitrogens with one attached hydrogen (secondary N) is 1. The summed E-state index contributed by atoms with van der Waals surface area (Å²) in [4.78, 5) is 30.4. The molecule has 2 rings (SSSR count). The van der Waals surface area contributed by atoms with Crippen LogP contribution < -0.4 is 16.8 Å². The van der Waals surface area contributed by atoms with Crippen LogP contribution in [-0.4, -0.2) is 53.9 Å². The van der Waals surface area contributed by atoms with Gasteiger partial charge in [-0.1, -0.05) is 29.3 Å². The Labute approximate surface area is 178 Å². The van der Waals surface area contributed by atoms with E-state index in [2.05, 4.69) is 10.3 Å². The largest absolute Gasteiger partial charge is 0.398 e. The smallest absolute Gasteiger partial charge is 0.318 e. The van der Waals surface area contributed by atoms with Gasteiger partial charge in [0.05, 0.1) is 39.6 Å². The number of primary amides is 1. The fourth-order valence-electron chi connectivity index (χ4n) is 2.82. The van der Waals surface area contributed by atoms with Crippen LogP contribution in [0.2, 0.25) is 10.0 Å². The second-order valence-corrected chi connectivity index (χ2v) is 8.54. The number of halogens is 3. The van der Waals surface area contributed by atoms with E-state index in [4.69, 9.17) is 34.7 Å². The zero-order chi connectivity index (χ0) is 21.9. The van der Waals surface area contributed by atoms with Crippen molar-refractivity contribution in [2.75, 3.05) is 19.8 Å². The van der Waals surface area contributed by atoms with Gasteiger partial charge in [-0.15, -0.1) is 0 Å². The number of amides is 3. The molecule has 1 atom stereocenters. The normalized spacial score (nSPS) is 18.1. The molecule has 0 bridgehead atoms. The molecule has 0 saturated carbocycles. The molecule has 0 aromatic heterocycles. The van der Waals surface area contributed by atoms with Crippen molar-refractivity contribution in [3.05, 3.63) is 39.4 Å². The summed E-state index contributed by atoms with van der Waals surface area (Å²) >= 11 is 12.0. The van der Waals surface area contributed by atoms with Crippen LogP contribution in [0.5, 0.6) is 0 Å². The Morgan fingerprint density at radius 1 is 1.28 bits per heavy atom. The minimum Gasteiger partial charge on any atom is -0.398 e. The standard InChI is InChI=1S/C19H24Cl2FN5O2/c1-19(2,3)26-18(29)27-8-11(7-22)25-14(9-27)15(17(24)28)16(23)10-4-5-12(20)13(21)6-10/h4-6,11H,7-9,23H2,1-3H3,(H2,24,28)(H,26,29). The molecule has 158 valence electrons. The molecule has 1 heterocycles. The van der Waals surface area contributed by atoms with E-state index < -0.39 is 30.2 Å². The maximum atomic E-state index is 13.5. The van der Waals surface area contributed by atoms with E-state index in [0.717, 1.165) is 0 Å². The number of alkyl halides is 1. The van der Waals surface area contributed by atoms with Crippen molar-refractivity contribution in [3.63, 3.8) is 0 Å². The average molecular weight is 444 g/mol. The second-order valence-electron chi connectivity index (χ2n) is 7.73. The summed E-state index contributed by atoms with van der Waals surface area (Å²) in [5, 5.41) is 3.38. The van der Waals surface area contributed by atoms with Gasteiger partial charge in [0.1, 0.15) is 6.67 Å². The fraction of sp³-hybridized carbons (Fsp3) is 0.421. The maximum absolute atomic E-state index is 13.5. The van der Waals surface area contributed by atoms with E-state index in [9.17, 15) is 14.0 Å². The monoisotopic (exact) mass is 443 g/mol. The van der Waals surface area contributed by atoms with E-state index in [1.165, 1.54) is 17.0 Å². The van der Waals surface area contributed by atoms with Gasteiger partial charge < -0.3 is 21.7 Å². The third-order valence-electron chi connectivity index (χ3n) is 4.09. The third-order valence-corrected chi connectivity index (χ3v) is 4.83. The molecule has 5 N–H and O–H groups in total. The van der Waals surface area contributed by atoms with Crippen molar-refractivity contribution in [1.29, 1.82) is 0 Å². The minimum absolute atomic E-state index is 0.0190. The van der Waals surface area contributed by atoms with E-state index in [1.807, 2.05) is 20.8 Å². The first-order valence-corrected chi connectivity index (χ1v) is 9.63. The summed E-state index contributed by atoms with van der Waals surface area (Å²) in [6.07, 6.45) is 0. The Morgan fingerprint density at radius 3 is 2.45 bits per heavy atom. The first kappa shape index (κ1) is 23.0. The lowest BCUT2D eigenvalue weighted by Crippen LogP contribution is -2.54. The number of hydrogen-bond donors (Lipinski definition) is 3. The minimum atomic E-state index is -0.844. The van der Waals surface area contributed by atoms with Crippen LogP contribution in [0.4, 0.5) is 9.18 Å². The van der Waals surface area contributed by atoms with Gasteiger partial charge in [0.25, 0.3) is 5.91 Å². The molecule has 1 aliphatic rings. The molecule has 0 aliphatic carbocycles. The molecule has 29 heavy (non-hydrogen) atoms. The van der Waals surface area contributed by atoms with Gasteiger partial charge in [0.15, 0.2) is 0 Å². The molecule has 0 saturated heterocycles. The zero-order valence-electron chi connectivity index (χ0n) is 16.4. The van der Waals surface area contributed by atoms with E-state index in [1.54, 1.807) is 6.07 Å². The second kappa shape index (κ2) is 9.00. The molecule has 1 unspecified atom stereocenters. The Kier molecular flexibility index (Phi) is 7.13. The lowest BCUT2D eigenvalue weighted by Gasteiger charge is -2.33. The Bertz CT molecular complexity index is 880. The number of hydrogen-bond acceptors (Lipinski definition) is 4. The van der Waals surface area contributed by atoms with Crippen molar-refractivity contribution in [1.82, 2.24) is 10.2 Å². The predicted octanol–water partition coefficient (Wildman–Crippen LogP) is 2.75. The highest BCUT2D eigenvalue weighted by Crippen LogP contribution is 2.26. The molecule has 1 aromatic rings. The van der Waals surface area contributed by atoms with Crippen LogP contribution in [-0.2, 0) is 4.79 Å². The van der Waals surface area contributed by atoms with Crippen molar-refractivity contribution >= 4 is 46.5 Å². The molecule has 7 nitrogen and oxygen atoms in total. The molecular formula is C19H24Cl2FN5O2. The van der Waals surface area contributed by atoms with Gasteiger partial charge in [0.2, 0.25) is 0 Å². The summed E-state index contributed by atoms with van der Waals surface area (Å²) in [5.74, 6) is -0.844. The Hall–Kier alpha value is -2.32. The highest BCUT2D eigenvalue weighted by Gasteiger charge is 2.31. The first-order chi connectivity index (χ1) is 13.4. The number of nitrogens with two attached hydrogens (primary N) is 2. The van der Waals surface area contributed by atoms with Gasteiger partial charge in [0, 0.05) is 12.1 Å². The molecule has 1 aromatic carbocycles. The molecular weight excluding hydrogens is 420 g/mol. The molecule has 1 aliphatic heterocycles. The molecule has 0 spiro atoms. The lowest BCUT2D eigenvalue weighted by atomic mass is 10.00. The Balaban J connectivity index is 2.47. The van der Waals surface area contributed by atoms with Crippen LogP contribution in [0, 0.1) is 0 Å². The quantitative estimate of drug-likeness (QED) is 0.621. The number of carbonyl (C=O) groups excluding carboxylic acids is 2. The highest BCUT2D eigenvalue weighted by atomic mass is 35.5. The average Bonchev–Trinajstić information content (AvgIpc) is 2.62. The lowest BCUT2D eigenvalue weighted by molar-refractivity contribution is -0.114. The fourth-order valence-corrected chi connectivity index (χ4v) is 3.12. The number of aliphatic imine (C=N–C) groups is 1. The topological polar surface area (TPSA) is 114 Å². The van der Waals surface area contributed by atoms with Gasteiger partial charge in [-0.25, -0.2) is 9.18 Å². The first-order valence-electron chi connectivity index (χ1n) is 8.88. The van der Waals surface area contributed by atoms with Gasteiger partial charge in [-0.05, 0) is 38.5 Å².